The lowest BCUT2D eigenvalue weighted by Gasteiger charge is -2.22. The number of rotatable bonds is 6. The Kier molecular flexibility index (Phi) is 5.28. The van der Waals surface area contributed by atoms with E-state index in [0.29, 0.717) is 29.7 Å². The van der Waals surface area contributed by atoms with Gasteiger partial charge in [-0.05, 0) is 36.1 Å². The molecule has 2 N–H and O–H groups in total. The van der Waals surface area contributed by atoms with Gasteiger partial charge in [0, 0.05) is 0 Å². The maximum absolute atomic E-state index is 5.85. The first-order chi connectivity index (χ1) is 8.58. The van der Waals surface area contributed by atoms with Gasteiger partial charge in [0.05, 0.1) is 21.3 Å². The van der Waals surface area contributed by atoms with Crippen LogP contribution < -0.4 is 19.9 Å². The third-order valence-electron chi connectivity index (χ3n) is 3.17. The summed E-state index contributed by atoms with van der Waals surface area (Å²) in [5.41, 5.74) is 6.96. The zero-order valence-electron chi connectivity index (χ0n) is 11.8. The van der Waals surface area contributed by atoms with E-state index in [-0.39, 0.29) is 5.92 Å². The van der Waals surface area contributed by atoms with E-state index >= 15 is 0 Å². The van der Waals surface area contributed by atoms with Crippen molar-refractivity contribution < 1.29 is 14.2 Å². The SMILES string of the molecule is COc1cc(C(CN)C(C)C)cc(OC)c1OC. The third kappa shape index (κ3) is 2.88. The average molecular weight is 253 g/mol. The van der Waals surface area contributed by atoms with Crippen LogP contribution in [0.2, 0.25) is 0 Å². The highest BCUT2D eigenvalue weighted by Crippen LogP contribution is 2.41. The van der Waals surface area contributed by atoms with Crippen molar-refractivity contribution in [3.8, 4) is 17.2 Å². The molecule has 0 amide bonds. The molecule has 0 fully saturated rings. The summed E-state index contributed by atoms with van der Waals surface area (Å²) in [6.45, 7) is 4.90. The van der Waals surface area contributed by atoms with Gasteiger partial charge in [-0.15, -0.1) is 0 Å². The molecule has 1 unspecified atom stereocenters. The normalized spacial score (nSPS) is 12.4. The predicted molar refractivity (Wildman–Crippen MR) is 72.7 cm³/mol. The van der Waals surface area contributed by atoms with Crippen molar-refractivity contribution in [3.05, 3.63) is 17.7 Å². The zero-order valence-corrected chi connectivity index (χ0v) is 11.8. The molecule has 0 aliphatic carbocycles. The van der Waals surface area contributed by atoms with Gasteiger partial charge in [0.25, 0.3) is 0 Å². The summed E-state index contributed by atoms with van der Waals surface area (Å²) in [4.78, 5) is 0. The van der Waals surface area contributed by atoms with Gasteiger partial charge in [-0.2, -0.15) is 0 Å². The maximum atomic E-state index is 5.85. The second-order valence-electron chi connectivity index (χ2n) is 4.54. The van der Waals surface area contributed by atoms with Crippen molar-refractivity contribution in [1.82, 2.24) is 0 Å². The molecule has 0 saturated carbocycles. The predicted octanol–water partition coefficient (Wildman–Crippen LogP) is 2.41. The number of hydrogen-bond donors (Lipinski definition) is 1. The Morgan fingerprint density at radius 2 is 1.50 bits per heavy atom. The highest BCUT2D eigenvalue weighted by Gasteiger charge is 2.20. The van der Waals surface area contributed by atoms with Crippen molar-refractivity contribution in [2.24, 2.45) is 11.7 Å². The monoisotopic (exact) mass is 253 g/mol. The van der Waals surface area contributed by atoms with Crippen LogP contribution in [0.3, 0.4) is 0 Å². The highest BCUT2D eigenvalue weighted by atomic mass is 16.5. The summed E-state index contributed by atoms with van der Waals surface area (Å²) in [5, 5.41) is 0. The van der Waals surface area contributed by atoms with E-state index in [9.17, 15) is 0 Å². The first-order valence-electron chi connectivity index (χ1n) is 6.09. The van der Waals surface area contributed by atoms with Crippen molar-refractivity contribution in [1.29, 1.82) is 0 Å². The molecule has 18 heavy (non-hydrogen) atoms. The molecular formula is C14H23NO3. The lowest BCUT2D eigenvalue weighted by molar-refractivity contribution is 0.322. The fraction of sp³-hybridized carbons (Fsp3) is 0.571. The van der Waals surface area contributed by atoms with Crippen LogP contribution in [0, 0.1) is 5.92 Å². The van der Waals surface area contributed by atoms with E-state index < -0.39 is 0 Å². The van der Waals surface area contributed by atoms with Crippen LogP contribution in [0.25, 0.3) is 0 Å². The number of methoxy groups -OCH3 is 3. The maximum Gasteiger partial charge on any atom is 0.203 e. The van der Waals surface area contributed by atoms with E-state index in [2.05, 4.69) is 13.8 Å². The van der Waals surface area contributed by atoms with Gasteiger partial charge in [0.15, 0.2) is 11.5 Å². The van der Waals surface area contributed by atoms with E-state index in [4.69, 9.17) is 19.9 Å². The van der Waals surface area contributed by atoms with E-state index in [0.717, 1.165) is 5.56 Å². The summed E-state index contributed by atoms with van der Waals surface area (Å²) in [6.07, 6.45) is 0. The van der Waals surface area contributed by atoms with Crippen LogP contribution in [-0.4, -0.2) is 27.9 Å². The van der Waals surface area contributed by atoms with Crippen molar-refractivity contribution in [2.75, 3.05) is 27.9 Å². The highest BCUT2D eigenvalue weighted by molar-refractivity contribution is 5.54. The molecule has 0 bridgehead atoms. The Labute approximate surface area is 109 Å². The molecule has 0 saturated heterocycles. The average Bonchev–Trinajstić information content (AvgIpc) is 2.37. The molecule has 0 aromatic heterocycles. The molecule has 1 aromatic rings. The number of hydrogen-bond acceptors (Lipinski definition) is 4. The van der Waals surface area contributed by atoms with Gasteiger partial charge in [-0.1, -0.05) is 13.8 Å². The molecule has 0 heterocycles. The summed E-state index contributed by atoms with van der Waals surface area (Å²) >= 11 is 0. The second-order valence-corrected chi connectivity index (χ2v) is 4.54. The lowest BCUT2D eigenvalue weighted by Crippen LogP contribution is -2.18. The topological polar surface area (TPSA) is 53.7 Å². The molecular weight excluding hydrogens is 230 g/mol. The number of benzene rings is 1. The van der Waals surface area contributed by atoms with Crippen molar-refractivity contribution >= 4 is 0 Å². The van der Waals surface area contributed by atoms with Crippen LogP contribution in [0.15, 0.2) is 12.1 Å². The fourth-order valence-corrected chi connectivity index (χ4v) is 2.11. The summed E-state index contributed by atoms with van der Waals surface area (Å²) in [5.74, 6) is 2.69. The quantitative estimate of drug-likeness (QED) is 0.846. The minimum absolute atomic E-state index is 0.277. The van der Waals surface area contributed by atoms with Gasteiger partial charge < -0.3 is 19.9 Å². The minimum atomic E-state index is 0.277. The number of nitrogens with two attached hydrogens (primary N) is 1. The fourth-order valence-electron chi connectivity index (χ4n) is 2.11. The van der Waals surface area contributed by atoms with Gasteiger partial charge >= 0.3 is 0 Å². The standard InChI is InChI=1S/C14H23NO3/c1-9(2)11(8-15)10-6-12(16-3)14(18-5)13(7-10)17-4/h6-7,9,11H,8,15H2,1-5H3. The van der Waals surface area contributed by atoms with E-state index in [1.807, 2.05) is 12.1 Å². The summed E-state index contributed by atoms with van der Waals surface area (Å²) < 4.78 is 16.0. The zero-order chi connectivity index (χ0) is 13.7. The Morgan fingerprint density at radius 3 is 1.78 bits per heavy atom. The van der Waals surface area contributed by atoms with E-state index in [1.165, 1.54) is 0 Å². The van der Waals surface area contributed by atoms with Gasteiger partial charge in [0.2, 0.25) is 5.75 Å². The van der Waals surface area contributed by atoms with Crippen LogP contribution in [-0.2, 0) is 0 Å². The first-order valence-corrected chi connectivity index (χ1v) is 6.09. The van der Waals surface area contributed by atoms with Gasteiger partial charge in [-0.3, -0.25) is 0 Å². The molecule has 1 rings (SSSR count). The molecule has 102 valence electrons. The first kappa shape index (κ1) is 14.6. The molecule has 1 atom stereocenters. The van der Waals surface area contributed by atoms with Crippen LogP contribution in [0.1, 0.15) is 25.3 Å². The smallest absolute Gasteiger partial charge is 0.203 e. The van der Waals surface area contributed by atoms with Gasteiger partial charge in [0.1, 0.15) is 0 Å². The molecule has 0 aliphatic rings. The van der Waals surface area contributed by atoms with Crippen LogP contribution >= 0.6 is 0 Å². The third-order valence-corrected chi connectivity index (χ3v) is 3.17. The van der Waals surface area contributed by atoms with E-state index in [1.54, 1.807) is 21.3 Å². The van der Waals surface area contributed by atoms with Crippen LogP contribution in [0.5, 0.6) is 17.2 Å². The Bertz CT molecular complexity index is 366. The minimum Gasteiger partial charge on any atom is -0.493 e. The molecule has 0 aliphatic heterocycles. The summed E-state index contributed by atoms with van der Waals surface area (Å²) in [7, 11) is 4.84. The molecule has 0 radical (unpaired) electrons. The second kappa shape index (κ2) is 6.50. The molecule has 0 spiro atoms. The Morgan fingerprint density at radius 1 is 1.00 bits per heavy atom. The lowest BCUT2D eigenvalue weighted by atomic mass is 9.88. The Hall–Kier alpha value is -1.42. The van der Waals surface area contributed by atoms with Crippen molar-refractivity contribution in [3.63, 3.8) is 0 Å². The molecule has 4 nitrogen and oxygen atoms in total. The van der Waals surface area contributed by atoms with Gasteiger partial charge in [-0.25, -0.2) is 0 Å². The Balaban J connectivity index is 3.30. The molecule has 4 heteroatoms. The number of ether oxygens (including phenoxy) is 3. The summed E-state index contributed by atoms with van der Waals surface area (Å²) in [6, 6.07) is 3.94. The van der Waals surface area contributed by atoms with Crippen molar-refractivity contribution in [2.45, 2.75) is 19.8 Å². The molecule has 1 aromatic carbocycles. The largest absolute Gasteiger partial charge is 0.493 e. The van der Waals surface area contributed by atoms with Crippen LogP contribution in [0.4, 0.5) is 0 Å².